The van der Waals surface area contributed by atoms with Gasteiger partial charge in [-0.3, -0.25) is 9.59 Å². The fourth-order valence-corrected chi connectivity index (χ4v) is 4.51. The predicted molar refractivity (Wildman–Crippen MR) is 116 cm³/mol. The van der Waals surface area contributed by atoms with Crippen LogP contribution in [0, 0.1) is 0 Å². The lowest BCUT2D eigenvalue weighted by Crippen LogP contribution is -2.45. The highest BCUT2D eigenvalue weighted by Gasteiger charge is 2.48. The molecule has 0 heterocycles. The quantitative estimate of drug-likeness (QED) is 0.644. The van der Waals surface area contributed by atoms with Crippen molar-refractivity contribution in [3.05, 3.63) is 95.6 Å². The summed E-state index contributed by atoms with van der Waals surface area (Å²) in [7, 11) is 0. The summed E-state index contributed by atoms with van der Waals surface area (Å²) in [6.45, 7) is 1.56. The molecule has 3 heteroatoms. The molecule has 0 saturated carbocycles. The lowest BCUT2D eigenvalue weighted by Gasteiger charge is -2.31. The minimum absolute atomic E-state index is 0.0441. The summed E-state index contributed by atoms with van der Waals surface area (Å²) >= 11 is 0. The Hall–Kier alpha value is -3.20. The van der Waals surface area contributed by atoms with Crippen LogP contribution in [0.4, 0.5) is 0 Å². The summed E-state index contributed by atoms with van der Waals surface area (Å²) in [5, 5.41) is 2.91. The first-order valence-electron chi connectivity index (χ1n) is 10.1. The molecule has 0 spiro atoms. The van der Waals surface area contributed by atoms with Crippen molar-refractivity contribution in [3.63, 3.8) is 0 Å². The van der Waals surface area contributed by atoms with E-state index in [0.717, 1.165) is 35.1 Å². The maximum absolute atomic E-state index is 13.6. The van der Waals surface area contributed by atoms with Gasteiger partial charge in [0.25, 0.3) is 0 Å². The number of hydrogen-bond donors (Lipinski definition) is 1. The Kier molecular flexibility index (Phi) is 5.30. The highest BCUT2D eigenvalue weighted by Crippen LogP contribution is 2.51. The first-order valence-corrected chi connectivity index (χ1v) is 10.1. The molecule has 4 rings (SSSR count). The van der Waals surface area contributed by atoms with Gasteiger partial charge < -0.3 is 5.32 Å². The van der Waals surface area contributed by atoms with E-state index in [4.69, 9.17) is 0 Å². The van der Waals surface area contributed by atoms with Gasteiger partial charge in [0.1, 0.15) is 11.2 Å². The van der Waals surface area contributed by atoms with Crippen molar-refractivity contribution in [1.82, 2.24) is 5.32 Å². The van der Waals surface area contributed by atoms with E-state index in [1.54, 1.807) is 0 Å². The Bertz CT molecular complexity index is 994. The Balaban J connectivity index is 1.74. The van der Waals surface area contributed by atoms with Gasteiger partial charge in [0.2, 0.25) is 5.91 Å². The fraction of sp³-hybridized carbons (Fsp3) is 0.231. The zero-order valence-corrected chi connectivity index (χ0v) is 16.7. The molecule has 3 aromatic rings. The van der Waals surface area contributed by atoms with E-state index in [9.17, 15) is 9.59 Å². The molecule has 1 N–H and O–H groups in total. The van der Waals surface area contributed by atoms with E-state index < -0.39 is 5.41 Å². The van der Waals surface area contributed by atoms with Crippen LogP contribution in [-0.2, 0) is 21.4 Å². The average Bonchev–Trinajstić information content (AvgIpc) is 3.04. The summed E-state index contributed by atoms with van der Waals surface area (Å²) in [6, 6.07) is 26.7. The van der Waals surface area contributed by atoms with Crippen LogP contribution in [0.1, 0.15) is 36.5 Å². The maximum atomic E-state index is 13.6. The normalized spacial score (nSPS) is 13.4. The third kappa shape index (κ3) is 3.49. The number of hydrogen-bond acceptors (Lipinski definition) is 2. The van der Waals surface area contributed by atoms with Crippen LogP contribution < -0.4 is 5.32 Å². The highest BCUT2D eigenvalue weighted by molar-refractivity contribution is 6.01. The lowest BCUT2D eigenvalue weighted by molar-refractivity contribution is -0.127. The van der Waals surface area contributed by atoms with Gasteiger partial charge in [-0.1, -0.05) is 78.9 Å². The Morgan fingerprint density at radius 3 is 1.93 bits per heavy atom. The van der Waals surface area contributed by atoms with Gasteiger partial charge in [-0.05, 0) is 54.0 Å². The second-order valence-corrected chi connectivity index (χ2v) is 7.72. The molecule has 1 aliphatic rings. The number of aryl methyl sites for hydroxylation is 1. The predicted octanol–water partition coefficient (Wildman–Crippen LogP) is 4.68. The molecule has 0 bridgehead atoms. The molecular weight excluding hydrogens is 358 g/mol. The minimum atomic E-state index is -0.766. The number of carbonyl (C=O) groups excluding carboxylic acids is 2. The van der Waals surface area contributed by atoms with E-state index in [1.165, 1.54) is 12.5 Å². The molecule has 146 valence electrons. The van der Waals surface area contributed by atoms with E-state index in [2.05, 4.69) is 41.7 Å². The van der Waals surface area contributed by atoms with E-state index in [-0.39, 0.29) is 18.2 Å². The third-order valence-electron chi connectivity index (χ3n) is 5.81. The number of fused-ring (bicyclic) bond motifs is 3. The monoisotopic (exact) mass is 383 g/mol. The second-order valence-electron chi connectivity index (χ2n) is 7.72. The van der Waals surface area contributed by atoms with Crippen LogP contribution >= 0.6 is 0 Å². The number of amides is 1. The van der Waals surface area contributed by atoms with Crippen molar-refractivity contribution in [1.29, 1.82) is 0 Å². The number of carbonyl (C=O) groups is 2. The van der Waals surface area contributed by atoms with Crippen LogP contribution in [0.15, 0.2) is 78.9 Å². The highest BCUT2D eigenvalue weighted by atomic mass is 16.2. The van der Waals surface area contributed by atoms with Crippen molar-refractivity contribution < 1.29 is 9.59 Å². The molecule has 0 radical (unpaired) electrons. The van der Waals surface area contributed by atoms with Gasteiger partial charge in [0.15, 0.2) is 0 Å². The van der Waals surface area contributed by atoms with Crippen LogP contribution in [0.5, 0.6) is 0 Å². The minimum Gasteiger partial charge on any atom is -0.348 e. The van der Waals surface area contributed by atoms with Gasteiger partial charge in [0.05, 0.1) is 6.54 Å². The van der Waals surface area contributed by atoms with Crippen LogP contribution in [0.25, 0.3) is 11.1 Å². The first-order chi connectivity index (χ1) is 14.1. The average molecular weight is 383 g/mol. The molecule has 3 aromatic carbocycles. The van der Waals surface area contributed by atoms with Gasteiger partial charge >= 0.3 is 0 Å². The van der Waals surface area contributed by atoms with Gasteiger partial charge in [-0.15, -0.1) is 0 Å². The lowest BCUT2D eigenvalue weighted by atomic mass is 9.73. The fourth-order valence-electron chi connectivity index (χ4n) is 4.51. The molecule has 29 heavy (non-hydrogen) atoms. The third-order valence-corrected chi connectivity index (χ3v) is 5.81. The Labute approximate surface area is 171 Å². The number of benzene rings is 3. The van der Waals surface area contributed by atoms with Gasteiger partial charge in [-0.25, -0.2) is 0 Å². The van der Waals surface area contributed by atoms with Crippen LogP contribution in [0.2, 0.25) is 0 Å². The molecule has 0 atom stereocenters. The van der Waals surface area contributed by atoms with Crippen LogP contribution in [-0.4, -0.2) is 18.2 Å². The van der Waals surface area contributed by atoms with E-state index in [0.29, 0.717) is 6.42 Å². The molecule has 0 aliphatic heterocycles. The zero-order chi connectivity index (χ0) is 20.3. The summed E-state index contributed by atoms with van der Waals surface area (Å²) < 4.78 is 0. The molecule has 0 unspecified atom stereocenters. The summed E-state index contributed by atoms with van der Waals surface area (Å²) in [6.07, 6.45) is 2.48. The summed E-state index contributed by atoms with van der Waals surface area (Å²) in [5.41, 5.74) is 4.80. The van der Waals surface area contributed by atoms with E-state index >= 15 is 0 Å². The maximum Gasteiger partial charge on any atom is 0.235 e. The smallest absolute Gasteiger partial charge is 0.235 e. The molecule has 0 fully saturated rings. The molecule has 1 amide bonds. The van der Waals surface area contributed by atoms with Crippen LogP contribution in [0.3, 0.4) is 0 Å². The van der Waals surface area contributed by atoms with Crippen molar-refractivity contribution in [2.45, 2.75) is 31.6 Å². The van der Waals surface area contributed by atoms with E-state index in [1.807, 2.05) is 42.5 Å². The Morgan fingerprint density at radius 1 is 0.793 bits per heavy atom. The zero-order valence-electron chi connectivity index (χ0n) is 16.7. The summed E-state index contributed by atoms with van der Waals surface area (Å²) in [5.74, 6) is -0.129. The number of rotatable bonds is 7. The largest absolute Gasteiger partial charge is 0.348 e. The standard InChI is InChI=1S/C26H25NO2/c1-19(28)18-27-25(29)26(17-9-12-20-10-3-2-4-11-20)23-15-7-5-13-21(23)22-14-6-8-16-24(22)26/h2-8,10-11,13-16H,9,12,17-18H2,1H3,(H,27,29). The Morgan fingerprint density at radius 2 is 1.34 bits per heavy atom. The van der Waals surface area contributed by atoms with Crippen molar-refractivity contribution in [2.75, 3.05) is 6.54 Å². The molecule has 0 saturated heterocycles. The van der Waals surface area contributed by atoms with Gasteiger partial charge in [0, 0.05) is 0 Å². The van der Waals surface area contributed by atoms with Crippen molar-refractivity contribution >= 4 is 11.7 Å². The van der Waals surface area contributed by atoms with Gasteiger partial charge in [-0.2, -0.15) is 0 Å². The number of Topliss-reactive ketones (excluding diaryl/α,β-unsaturated/α-hetero) is 1. The van der Waals surface area contributed by atoms with Crippen molar-refractivity contribution in [3.8, 4) is 11.1 Å². The number of ketones is 1. The first kappa shape index (κ1) is 19.1. The summed E-state index contributed by atoms with van der Waals surface area (Å²) in [4.78, 5) is 25.1. The topological polar surface area (TPSA) is 46.2 Å². The number of nitrogens with one attached hydrogen (secondary N) is 1. The second kappa shape index (κ2) is 8.04. The van der Waals surface area contributed by atoms with Crippen molar-refractivity contribution in [2.24, 2.45) is 0 Å². The molecule has 1 aliphatic carbocycles. The molecular formula is C26H25NO2. The molecule has 3 nitrogen and oxygen atoms in total. The SMILES string of the molecule is CC(=O)CNC(=O)C1(CCCc2ccccc2)c2ccccc2-c2ccccc21. The molecule has 0 aromatic heterocycles.